The van der Waals surface area contributed by atoms with Crippen molar-refractivity contribution in [2.24, 2.45) is 5.92 Å². The summed E-state index contributed by atoms with van der Waals surface area (Å²) < 4.78 is 0. The van der Waals surface area contributed by atoms with Gasteiger partial charge < -0.3 is 5.32 Å². The first kappa shape index (κ1) is 13.1. The van der Waals surface area contributed by atoms with E-state index in [2.05, 4.69) is 5.32 Å². The Labute approximate surface area is 120 Å². The highest BCUT2D eigenvalue weighted by molar-refractivity contribution is 6.55. The smallest absolute Gasteiger partial charge is 0.300 e. The lowest BCUT2D eigenvalue weighted by atomic mass is 10.1. The fraction of sp³-hybridized carbons (Fsp3) is 0.357. The second kappa shape index (κ2) is 4.90. The summed E-state index contributed by atoms with van der Waals surface area (Å²) in [4.78, 5) is 36.8. The van der Waals surface area contributed by atoms with Gasteiger partial charge in [-0.15, -0.1) is 0 Å². The van der Waals surface area contributed by atoms with Crippen molar-refractivity contribution < 1.29 is 14.4 Å². The number of anilines is 1. The number of nitrogens with one attached hydrogen (secondary N) is 1. The van der Waals surface area contributed by atoms with Crippen LogP contribution in [-0.4, -0.2) is 30.7 Å². The Kier molecular flexibility index (Phi) is 3.22. The van der Waals surface area contributed by atoms with Crippen LogP contribution < -0.4 is 10.2 Å². The van der Waals surface area contributed by atoms with Crippen LogP contribution in [0.5, 0.6) is 0 Å². The highest BCUT2D eigenvalue weighted by Gasteiger charge is 2.38. The summed E-state index contributed by atoms with van der Waals surface area (Å²) in [6, 6.07) is 4.84. The van der Waals surface area contributed by atoms with Crippen LogP contribution in [0.3, 0.4) is 0 Å². The lowest BCUT2D eigenvalue weighted by Gasteiger charge is -2.16. The van der Waals surface area contributed by atoms with Gasteiger partial charge in [0.2, 0.25) is 5.91 Å². The van der Waals surface area contributed by atoms with Crippen molar-refractivity contribution in [2.75, 3.05) is 18.0 Å². The molecule has 0 spiro atoms. The van der Waals surface area contributed by atoms with Gasteiger partial charge in [0.25, 0.3) is 11.7 Å². The highest BCUT2D eigenvalue weighted by Crippen LogP contribution is 2.33. The highest BCUT2D eigenvalue weighted by atomic mass is 35.5. The third kappa shape index (κ3) is 2.29. The lowest BCUT2D eigenvalue weighted by molar-refractivity contribution is -0.122. The summed E-state index contributed by atoms with van der Waals surface area (Å²) in [5, 5.41) is 3.01. The second-order valence-corrected chi connectivity index (χ2v) is 5.51. The van der Waals surface area contributed by atoms with Crippen molar-refractivity contribution in [3.05, 3.63) is 28.8 Å². The molecule has 2 amide bonds. The molecule has 3 rings (SSSR count). The number of amides is 2. The van der Waals surface area contributed by atoms with Gasteiger partial charge in [-0.2, -0.15) is 0 Å². The van der Waals surface area contributed by atoms with Gasteiger partial charge in [0.05, 0.1) is 16.3 Å². The molecule has 1 aromatic carbocycles. The summed E-state index contributed by atoms with van der Waals surface area (Å²) >= 11 is 5.94. The number of ketones is 1. The van der Waals surface area contributed by atoms with Gasteiger partial charge in [-0.3, -0.25) is 19.3 Å². The molecule has 1 saturated carbocycles. The third-order valence-electron chi connectivity index (χ3n) is 3.54. The molecule has 0 aromatic heterocycles. The van der Waals surface area contributed by atoms with E-state index >= 15 is 0 Å². The number of fused-ring (bicyclic) bond motifs is 1. The van der Waals surface area contributed by atoms with Crippen molar-refractivity contribution in [1.29, 1.82) is 0 Å². The number of carbonyl (C=O) groups is 3. The minimum atomic E-state index is -0.699. The molecule has 1 fully saturated rings. The maximum absolute atomic E-state index is 11.9. The van der Waals surface area contributed by atoms with Gasteiger partial charge in [-0.1, -0.05) is 17.7 Å². The van der Waals surface area contributed by atoms with Gasteiger partial charge in [0.15, 0.2) is 0 Å². The van der Waals surface area contributed by atoms with Crippen molar-refractivity contribution in [3.8, 4) is 0 Å². The topological polar surface area (TPSA) is 66.5 Å². The van der Waals surface area contributed by atoms with E-state index in [1.165, 1.54) is 4.90 Å². The summed E-state index contributed by atoms with van der Waals surface area (Å²) in [6.45, 7) is 0.488. The van der Waals surface area contributed by atoms with Crippen LogP contribution >= 0.6 is 11.6 Å². The molecule has 1 heterocycles. The van der Waals surface area contributed by atoms with Gasteiger partial charge >= 0.3 is 0 Å². The molecule has 1 aromatic rings. The Morgan fingerprint density at radius 3 is 2.80 bits per heavy atom. The van der Waals surface area contributed by atoms with Gasteiger partial charge in [0.1, 0.15) is 6.54 Å². The first-order chi connectivity index (χ1) is 9.58. The Morgan fingerprint density at radius 1 is 1.35 bits per heavy atom. The number of carbonyl (C=O) groups excluding carboxylic acids is 3. The zero-order valence-electron chi connectivity index (χ0n) is 10.7. The molecule has 2 aliphatic rings. The van der Waals surface area contributed by atoms with E-state index in [1.807, 2.05) is 0 Å². The van der Waals surface area contributed by atoms with Crippen LogP contribution in [-0.2, 0) is 9.59 Å². The van der Waals surface area contributed by atoms with E-state index in [4.69, 9.17) is 11.6 Å². The minimum Gasteiger partial charge on any atom is -0.354 e. The SMILES string of the molecule is O=C(CN1C(=O)C(=O)c2c(Cl)cccc21)NCC1CC1. The average Bonchev–Trinajstić information content (AvgIpc) is 3.21. The molecule has 0 atom stereocenters. The van der Waals surface area contributed by atoms with Crippen LogP contribution in [0, 0.1) is 5.92 Å². The van der Waals surface area contributed by atoms with Crippen molar-refractivity contribution in [2.45, 2.75) is 12.8 Å². The number of halogens is 1. The average molecular weight is 293 g/mol. The first-order valence-electron chi connectivity index (χ1n) is 6.49. The summed E-state index contributed by atoms with van der Waals surface area (Å²) in [6.07, 6.45) is 2.28. The fourth-order valence-corrected chi connectivity index (χ4v) is 2.49. The maximum atomic E-state index is 11.9. The number of Topliss-reactive ketones (excluding diaryl/α,β-unsaturated/α-hetero) is 1. The molecule has 104 valence electrons. The van der Waals surface area contributed by atoms with E-state index in [-0.39, 0.29) is 23.0 Å². The predicted molar refractivity (Wildman–Crippen MR) is 73.9 cm³/mol. The van der Waals surface area contributed by atoms with Gasteiger partial charge in [-0.05, 0) is 30.9 Å². The summed E-state index contributed by atoms with van der Waals surface area (Å²) in [5.74, 6) is -1.04. The van der Waals surface area contributed by atoms with E-state index in [9.17, 15) is 14.4 Å². The standard InChI is InChI=1S/C14H13ClN2O3/c15-9-2-1-3-10-12(9)13(19)14(20)17(10)7-11(18)16-6-8-4-5-8/h1-3,8H,4-7H2,(H,16,18). The van der Waals surface area contributed by atoms with Crippen molar-refractivity contribution in [1.82, 2.24) is 5.32 Å². The zero-order chi connectivity index (χ0) is 14.3. The molecule has 0 unspecified atom stereocenters. The molecule has 1 aliphatic carbocycles. The normalized spacial score (nSPS) is 17.4. The maximum Gasteiger partial charge on any atom is 0.300 e. The predicted octanol–water partition coefficient (Wildman–Crippen LogP) is 1.40. The number of nitrogens with zero attached hydrogens (tertiary/aromatic N) is 1. The summed E-state index contributed by atoms with van der Waals surface area (Å²) in [5.41, 5.74) is 0.600. The van der Waals surface area contributed by atoms with E-state index in [0.29, 0.717) is 18.2 Å². The van der Waals surface area contributed by atoms with Crippen molar-refractivity contribution in [3.63, 3.8) is 0 Å². The van der Waals surface area contributed by atoms with Gasteiger partial charge in [-0.25, -0.2) is 0 Å². The molecule has 1 N–H and O–H groups in total. The van der Waals surface area contributed by atoms with Crippen LogP contribution in [0.1, 0.15) is 23.2 Å². The number of rotatable bonds is 4. The number of benzene rings is 1. The number of hydrogen-bond donors (Lipinski definition) is 1. The second-order valence-electron chi connectivity index (χ2n) is 5.10. The molecular weight excluding hydrogens is 280 g/mol. The molecule has 20 heavy (non-hydrogen) atoms. The largest absolute Gasteiger partial charge is 0.354 e. The van der Waals surface area contributed by atoms with Crippen LogP contribution in [0.15, 0.2) is 18.2 Å². The molecule has 1 aliphatic heterocycles. The Hall–Kier alpha value is -1.88. The van der Waals surface area contributed by atoms with Crippen LogP contribution in [0.2, 0.25) is 5.02 Å². The van der Waals surface area contributed by atoms with E-state index in [0.717, 1.165) is 12.8 Å². The lowest BCUT2D eigenvalue weighted by Crippen LogP contribution is -2.40. The molecule has 0 radical (unpaired) electrons. The van der Waals surface area contributed by atoms with E-state index < -0.39 is 11.7 Å². The Balaban J connectivity index is 1.76. The first-order valence-corrected chi connectivity index (χ1v) is 6.87. The van der Waals surface area contributed by atoms with Gasteiger partial charge in [0, 0.05) is 6.54 Å². The Morgan fingerprint density at radius 2 is 2.10 bits per heavy atom. The molecule has 5 nitrogen and oxygen atoms in total. The monoisotopic (exact) mass is 292 g/mol. The quantitative estimate of drug-likeness (QED) is 0.853. The molecule has 0 saturated heterocycles. The van der Waals surface area contributed by atoms with E-state index in [1.54, 1.807) is 18.2 Å². The fourth-order valence-electron chi connectivity index (χ4n) is 2.24. The zero-order valence-corrected chi connectivity index (χ0v) is 11.4. The van der Waals surface area contributed by atoms with Crippen molar-refractivity contribution >= 4 is 34.9 Å². The van der Waals surface area contributed by atoms with Crippen LogP contribution in [0.25, 0.3) is 0 Å². The van der Waals surface area contributed by atoms with Crippen LogP contribution in [0.4, 0.5) is 5.69 Å². The third-order valence-corrected chi connectivity index (χ3v) is 3.85. The Bertz CT molecular complexity index is 610. The molecule has 6 heteroatoms. The minimum absolute atomic E-state index is 0.148. The molecular formula is C14H13ClN2O3. The number of hydrogen-bond acceptors (Lipinski definition) is 3. The molecule has 0 bridgehead atoms. The summed E-state index contributed by atoms with van der Waals surface area (Å²) in [7, 11) is 0.